The number of halogens is 1. The summed E-state index contributed by atoms with van der Waals surface area (Å²) in [5.41, 5.74) is 5.97. The number of hydrogen-bond acceptors (Lipinski definition) is 2. The molecule has 118 valence electrons. The van der Waals surface area contributed by atoms with Crippen LogP contribution in [0, 0.1) is 0 Å². The van der Waals surface area contributed by atoms with Crippen LogP contribution < -0.4 is 10.6 Å². The summed E-state index contributed by atoms with van der Waals surface area (Å²) < 4.78 is 0. The number of rotatable bonds is 2. The molecule has 0 aromatic heterocycles. The summed E-state index contributed by atoms with van der Waals surface area (Å²) in [7, 11) is 0. The van der Waals surface area contributed by atoms with Crippen LogP contribution in [-0.2, 0) is 11.2 Å². The summed E-state index contributed by atoms with van der Waals surface area (Å²) in [6.07, 6.45) is 2.51. The Morgan fingerprint density at radius 2 is 2.00 bits per heavy atom. The van der Waals surface area contributed by atoms with Crippen molar-refractivity contribution < 1.29 is 4.79 Å². The van der Waals surface area contributed by atoms with Crippen molar-refractivity contribution in [2.24, 2.45) is 0 Å². The highest BCUT2D eigenvalue weighted by Crippen LogP contribution is 2.38. The Morgan fingerprint density at radius 3 is 2.83 bits per heavy atom. The van der Waals surface area contributed by atoms with Crippen molar-refractivity contribution in [2.45, 2.75) is 25.2 Å². The first-order valence-electron chi connectivity index (χ1n) is 8.14. The van der Waals surface area contributed by atoms with Crippen molar-refractivity contribution in [3.05, 3.63) is 52.5 Å². The molecule has 2 aromatic carbocycles. The van der Waals surface area contributed by atoms with Gasteiger partial charge in [0.1, 0.15) is 0 Å². The van der Waals surface area contributed by atoms with Gasteiger partial charge >= 0.3 is 0 Å². The van der Waals surface area contributed by atoms with Crippen molar-refractivity contribution in [3.8, 4) is 11.1 Å². The van der Waals surface area contributed by atoms with E-state index < -0.39 is 0 Å². The third-order valence-electron chi connectivity index (χ3n) is 4.86. The van der Waals surface area contributed by atoms with Crippen molar-refractivity contribution >= 4 is 23.2 Å². The van der Waals surface area contributed by atoms with Crippen LogP contribution in [0.2, 0.25) is 5.02 Å². The number of nitrogens with one attached hydrogen (secondary N) is 2. The average molecular weight is 327 g/mol. The lowest BCUT2D eigenvalue weighted by Crippen LogP contribution is -2.33. The van der Waals surface area contributed by atoms with Gasteiger partial charge in [-0.2, -0.15) is 0 Å². The summed E-state index contributed by atoms with van der Waals surface area (Å²) in [4.78, 5) is 11.4. The fraction of sp³-hybridized carbons (Fsp3) is 0.316. The van der Waals surface area contributed by atoms with Gasteiger partial charge in [-0.15, -0.1) is 0 Å². The predicted molar refractivity (Wildman–Crippen MR) is 94.1 cm³/mol. The number of amides is 1. The smallest absolute Gasteiger partial charge is 0.220 e. The van der Waals surface area contributed by atoms with E-state index in [-0.39, 0.29) is 5.91 Å². The Kier molecular flexibility index (Phi) is 3.74. The molecule has 1 unspecified atom stereocenters. The van der Waals surface area contributed by atoms with E-state index in [1.807, 2.05) is 0 Å². The lowest BCUT2D eigenvalue weighted by atomic mass is 9.89. The lowest BCUT2D eigenvalue weighted by Gasteiger charge is -2.24. The zero-order chi connectivity index (χ0) is 15.8. The second-order valence-electron chi connectivity index (χ2n) is 6.30. The highest BCUT2D eigenvalue weighted by atomic mass is 35.5. The molecule has 0 spiro atoms. The first-order valence-corrected chi connectivity index (χ1v) is 8.52. The first kappa shape index (κ1) is 14.6. The molecular formula is C19H19ClN2O. The normalized spacial score (nSPS) is 19.9. The summed E-state index contributed by atoms with van der Waals surface area (Å²) in [6.45, 7) is 1.68. The van der Waals surface area contributed by atoms with Gasteiger partial charge in [0.2, 0.25) is 5.91 Å². The first-order chi connectivity index (χ1) is 11.2. The molecule has 0 radical (unpaired) electrons. The molecule has 0 saturated carbocycles. The SMILES string of the molecule is O=C1CCC(c2cccc(-c3ccc4c(c3)CCN4)c2Cl)CN1. The van der Waals surface area contributed by atoms with Gasteiger partial charge in [-0.25, -0.2) is 0 Å². The minimum Gasteiger partial charge on any atom is -0.384 e. The minimum atomic E-state index is 0.139. The van der Waals surface area contributed by atoms with Gasteiger partial charge < -0.3 is 10.6 Å². The molecule has 23 heavy (non-hydrogen) atoms. The van der Waals surface area contributed by atoms with Crippen molar-refractivity contribution in [3.63, 3.8) is 0 Å². The number of benzene rings is 2. The van der Waals surface area contributed by atoms with Gasteiger partial charge in [-0.3, -0.25) is 4.79 Å². The van der Waals surface area contributed by atoms with E-state index in [1.165, 1.54) is 16.8 Å². The molecule has 4 heteroatoms. The number of carbonyl (C=O) groups is 1. The molecule has 1 saturated heterocycles. The fourth-order valence-corrected chi connectivity index (χ4v) is 3.95. The van der Waals surface area contributed by atoms with E-state index in [9.17, 15) is 4.79 Å². The van der Waals surface area contributed by atoms with Gasteiger partial charge in [-0.05, 0) is 41.7 Å². The van der Waals surface area contributed by atoms with Crippen molar-refractivity contribution in [1.82, 2.24) is 5.32 Å². The number of anilines is 1. The summed E-state index contributed by atoms with van der Waals surface area (Å²) in [6, 6.07) is 12.7. The third kappa shape index (κ3) is 2.70. The van der Waals surface area contributed by atoms with E-state index >= 15 is 0 Å². The second-order valence-corrected chi connectivity index (χ2v) is 6.68. The fourth-order valence-electron chi connectivity index (χ4n) is 3.56. The quantitative estimate of drug-likeness (QED) is 0.876. The van der Waals surface area contributed by atoms with Crippen molar-refractivity contribution in [1.29, 1.82) is 0 Å². The maximum absolute atomic E-state index is 11.4. The van der Waals surface area contributed by atoms with E-state index in [2.05, 4.69) is 47.0 Å². The molecule has 2 aromatic rings. The second kappa shape index (κ2) is 5.89. The number of carbonyl (C=O) groups excluding carboxylic acids is 1. The Morgan fingerprint density at radius 1 is 1.09 bits per heavy atom. The van der Waals surface area contributed by atoms with E-state index in [0.717, 1.165) is 35.5 Å². The number of fused-ring (bicyclic) bond motifs is 1. The van der Waals surface area contributed by atoms with Crippen LogP contribution in [0.5, 0.6) is 0 Å². The maximum atomic E-state index is 11.4. The third-order valence-corrected chi connectivity index (χ3v) is 5.28. The van der Waals surface area contributed by atoms with Gasteiger partial charge in [0.15, 0.2) is 0 Å². The van der Waals surface area contributed by atoms with Crippen LogP contribution in [0.25, 0.3) is 11.1 Å². The molecule has 2 aliphatic rings. The molecule has 2 N–H and O–H groups in total. The zero-order valence-corrected chi connectivity index (χ0v) is 13.6. The lowest BCUT2D eigenvalue weighted by molar-refractivity contribution is -0.122. The minimum absolute atomic E-state index is 0.139. The molecule has 1 atom stereocenters. The Balaban J connectivity index is 1.70. The van der Waals surface area contributed by atoms with Gasteiger partial charge in [0.05, 0.1) is 5.02 Å². The molecule has 3 nitrogen and oxygen atoms in total. The van der Waals surface area contributed by atoms with E-state index in [0.29, 0.717) is 18.9 Å². The highest BCUT2D eigenvalue weighted by molar-refractivity contribution is 6.34. The van der Waals surface area contributed by atoms with E-state index in [4.69, 9.17) is 11.6 Å². The Labute approximate surface area is 141 Å². The molecule has 2 heterocycles. The van der Waals surface area contributed by atoms with Crippen LogP contribution >= 0.6 is 11.6 Å². The molecule has 0 bridgehead atoms. The molecule has 1 amide bonds. The molecule has 0 aliphatic carbocycles. The molecule has 1 fully saturated rings. The maximum Gasteiger partial charge on any atom is 0.220 e. The summed E-state index contributed by atoms with van der Waals surface area (Å²) >= 11 is 6.74. The number of hydrogen-bond donors (Lipinski definition) is 2. The van der Waals surface area contributed by atoms with Crippen LogP contribution in [0.4, 0.5) is 5.69 Å². The monoisotopic (exact) mass is 326 g/mol. The largest absolute Gasteiger partial charge is 0.384 e. The summed E-state index contributed by atoms with van der Waals surface area (Å²) in [5, 5.41) is 7.15. The predicted octanol–water partition coefficient (Wildman–Crippen LogP) is 3.97. The topological polar surface area (TPSA) is 41.1 Å². The van der Waals surface area contributed by atoms with Crippen molar-refractivity contribution in [2.75, 3.05) is 18.4 Å². The highest BCUT2D eigenvalue weighted by Gasteiger charge is 2.23. The van der Waals surface area contributed by atoms with Crippen LogP contribution in [0.3, 0.4) is 0 Å². The Hall–Kier alpha value is -2.00. The number of piperidine rings is 1. The van der Waals surface area contributed by atoms with Gasteiger partial charge in [0.25, 0.3) is 0 Å². The molecule has 4 rings (SSSR count). The zero-order valence-electron chi connectivity index (χ0n) is 12.9. The van der Waals surface area contributed by atoms with Crippen LogP contribution in [0.1, 0.15) is 29.9 Å². The van der Waals surface area contributed by atoms with Crippen LogP contribution in [0.15, 0.2) is 36.4 Å². The molecule has 2 aliphatic heterocycles. The molecular weight excluding hydrogens is 308 g/mol. The average Bonchev–Trinajstić information content (AvgIpc) is 3.04. The summed E-state index contributed by atoms with van der Waals surface area (Å²) in [5.74, 6) is 0.441. The van der Waals surface area contributed by atoms with E-state index in [1.54, 1.807) is 0 Å². The Bertz CT molecular complexity index is 762. The van der Waals surface area contributed by atoms with Crippen LogP contribution in [-0.4, -0.2) is 19.0 Å². The van der Waals surface area contributed by atoms with Gasteiger partial charge in [0, 0.05) is 36.7 Å². The standard InChI is InChI=1S/C19H19ClN2O/c20-19-15(12-4-6-17-13(10-12)8-9-21-17)2-1-3-16(19)14-5-7-18(23)22-11-14/h1-4,6,10,14,21H,5,7-9,11H2,(H,22,23). The van der Waals surface area contributed by atoms with Gasteiger partial charge in [-0.1, -0.05) is 35.9 Å².